The molecule has 0 bridgehead atoms. The largest absolute Gasteiger partial charge is 0.394 e. The van der Waals surface area contributed by atoms with Crippen LogP contribution in [0.5, 0.6) is 0 Å². The van der Waals surface area contributed by atoms with Gasteiger partial charge >= 0.3 is 0 Å². The monoisotopic (exact) mass is 299 g/mol. The van der Waals surface area contributed by atoms with Gasteiger partial charge in [0.2, 0.25) is 0 Å². The quantitative estimate of drug-likeness (QED) is 0.760. The molecule has 1 aromatic rings. The standard InChI is InChI=1S/C11H15Cl2NO2.ClH/c12-10-2-1-3-11(13)9(10)8-14-4-6-16-7-5-15;/h1-3,14-15H,4-8H2;1H. The van der Waals surface area contributed by atoms with Crippen LogP contribution in [0.2, 0.25) is 10.0 Å². The van der Waals surface area contributed by atoms with Crippen LogP contribution in [0, 0.1) is 0 Å². The fraction of sp³-hybridized carbons (Fsp3) is 0.455. The Morgan fingerprint density at radius 2 is 1.82 bits per heavy atom. The first kappa shape index (κ1) is 17.0. The number of aliphatic hydroxyl groups is 1. The second-order valence-corrected chi connectivity index (χ2v) is 4.03. The minimum atomic E-state index is 0. The Morgan fingerprint density at radius 3 is 2.41 bits per heavy atom. The molecule has 2 N–H and O–H groups in total. The molecule has 6 heteroatoms. The molecule has 0 saturated heterocycles. The Labute approximate surface area is 117 Å². The summed E-state index contributed by atoms with van der Waals surface area (Å²) in [6.45, 7) is 2.29. The third kappa shape index (κ3) is 6.46. The van der Waals surface area contributed by atoms with Crippen LogP contribution in [0.25, 0.3) is 0 Å². The summed E-state index contributed by atoms with van der Waals surface area (Å²) in [5.74, 6) is 0. The number of hydrogen-bond donors (Lipinski definition) is 2. The van der Waals surface area contributed by atoms with E-state index in [4.69, 9.17) is 33.0 Å². The predicted molar refractivity (Wildman–Crippen MR) is 73.3 cm³/mol. The van der Waals surface area contributed by atoms with Gasteiger partial charge in [-0.15, -0.1) is 12.4 Å². The minimum Gasteiger partial charge on any atom is -0.394 e. The molecule has 0 unspecified atom stereocenters. The van der Waals surface area contributed by atoms with Gasteiger partial charge in [0.1, 0.15) is 0 Å². The van der Waals surface area contributed by atoms with Crippen LogP contribution >= 0.6 is 35.6 Å². The second kappa shape index (κ2) is 9.95. The average Bonchev–Trinajstić information content (AvgIpc) is 2.26. The van der Waals surface area contributed by atoms with Crippen LogP contribution in [-0.4, -0.2) is 31.5 Å². The van der Waals surface area contributed by atoms with Crippen molar-refractivity contribution in [2.24, 2.45) is 0 Å². The van der Waals surface area contributed by atoms with E-state index >= 15 is 0 Å². The molecule has 0 radical (unpaired) electrons. The van der Waals surface area contributed by atoms with Gasteiger partial charge in [-0.25, -0.2) is 0 Å². The number of aliphatic hydroxyl groups excluding tert-OH is 1. The fourth-order valence-corrected chi connectivity index (χ4v) is 1.76. The van der Waals surface area contributed by atoms with Crippen molar-refractivity contribution in [2.75, 3.05) is 26.4 Å². The molecule has 0 atom stereocenters. The van der Waals surface area contributed by atoms with Crippen LogP contribution in [0.4, 0.5) is 0 Å². The highest BCUT2D eigenvalue weighted by atomic mass is 35.5. The number of hydrogen-bond acceptors (Lipinski definition) is 3. The molecule has 0 aromatic heterocycles. The Bertz CT molecular complexity index is 303. The van der Waals surface area contributed by atoms with Crippen molar-refractivity contribution in [1.29, 1.82) is 0 Å². The topological polar surface area (TPSA) is 41.5 Å². The molecule has 0 heterocycles. The van der Waals surface area contributed by atoms with Gasteiger partial charge in [0.15, 0.2) is 0 Å². The van der Waals surface area contributed by atoms with Crippen molar-refractivity contribution in [2.45, 2.75) is 6.54 Å². The van der Waals surface area contributed by atoms with Gasteiger partial charge in [-0.3, -0.25) is 0 Å². The third-order valence-corrected chi connectivity index (χ3v) is 2.73. The highest BCUT2D eigenvalue weighted by molar-refractivity contribution is 6.35. The van der Waals surface area contributed by atoms with E-state index in [0.717, 1.165) is 5.56 Å². The van der Waals surface area contributed by atoms with Gasteiger partial charge in [-0.1, -0.05) is 29.3 Å². The maximum absolute atomic E-state index is 8.49. The molecule has 0 aliphatic rings. The van der Waals surface area contributed by atoms with Crippen LogP contribution in [0.3, 0.4) is 0 Å². The summed E-state index contributed by atoms with van der Waals surface area (Å²) in [7, 11) is 0. The van der Waals surface area contributed by atoms with Gasteiger partial charge < -0.3 is 15.2 Å². The van der Waals surface area contributed by atoms with Gasteiger partial charge in [-0.2, -0.15) is 0 Å². The lowest BCUT2D eigenvalue weighted by molar-refractivity contribution is 0.0938. The molecule has 1 aromatic carbocycles. The van der Waals surface area contributed by atoms with Crippen LogP contribution < -0.4 is 5.32 Å². The Morgan fingerprint density at radius 1 is 1.18 bits per heavy atom. The molecule has 3 nitrogen and oxygen atoms in total. The molecule has 0 amide bonds. The summed E-state index contributed by atoms with van der Waals surface area (Å²) in [4.78, 5) is 0. The first-order valence-electron chi connectivity index (χ1n) is 5.08. The molecule has 0 saturated carbocycles. The van der Waals surface area contributed by atoms with Crippen molar-refractivity contribution in [3.05, 3.63) is 33.8 Å². The summed E-state index contributed by atoms with van der Waals surface area (Å²) >= 11 is 12.0. The van der Waals surface area contributed by atoms with E-state index in [2.05, 4.69) is 5.32 Å². The smallest absolute Gasteiger partial charge is 0.0698 e. The zero-order chi connectivity index (χ0) is 11.8. The minimum absolute atomic E-state index is 0. The molecular formula is C11H16Cl3NO2. The molecule has 0 aliphatic carbocycles. The van der Waals surface area contributed by atoms with E-state index < -0.39 is 0 Å². The second-order valence-electron chi connectivity index (χ2n) is 3.21. The lowest BCUT2D eigenvalue weighted by Gasteiger charge is -2.08. The highest BCUT2D eigenvalue weighted by Crippen LogP contribution is 2.23. The maximum atomic E-state index is 8.49. The van der Waals surface area contributed by atoms with Crippen LogP contribution in [-0.2, 0) is 11.3 Å². The van der Waals surface area contributed by atoms with Gasteiger partial charge in [-0.05, 0) is 12.1 Å². The molecule has 98 valence electrons. The van der Waals surface area contributed by atoms with Crippen molar-refractivity contribution >= 4 is 35.6 Å². The fourth-order valence-electron chi connectivity index (χ4n) is 1.23. The first-order valence-corrected chi connectivity index (χ1v) is 5.83. The van der Waals surface area contributed by atoms with Crippen LogP contribution in [0.15, 0.2) is 18.2 Å². The average molecular weight is 301 g/mol. The number of rotatable bonds is 7. The first-order chi connectivity index (χ1) is 7.75. The summed E-state index contributed by atoms with van der Waals surface area (Å²) in [5.41, 5.74) is 0.896. The zero-order valence-corrected chi connectivity index (χ0v) is 11.6. The Kier molecular flexibility index (Phi) is 9.93. The molecule has 1 rings (SSSR count). The summed E-state index contributed by atoms with van der Waals surface area (Å²) in [6.07, 6.45) is 0. The van der Waals surface area contributed by atoms with Crippen LogP contribution in [0.1, 0.15) is 5.56 Å². The number of halogens is 3. The van der Waals surface area contributed by atoms with E-state index in [0.29, 0.717) is 36.3 Å². The summed E-state index contributed by atoms with van der Waals surface area (Å²) in [5, 5.41) is 13.0. The van der Waals surface area contributed by atoms with Crippen molar-refractivity contribution in [3.63, 3.8) is 0 Å². The Balaban J connectivity index is 0.00000256. The number of ether oxygens (including phenoxy) is 1. The molecule has 0 aliphatic heterocycles. The van der Waals surface area contributed by atoms with Crippen molar-refractivity contribution in [3.8, 4) is 0 Å². The van der Waals surface area contributed by atoms with E-state index in [-0.39, 0.29) is 19.0 Å². The van der Waals surface area contributed by atoms with Crippen molar-refractivity contribution < 1.29 is 9.84 Å². The molecule has 0 fully saturated rings. The predicted octanol–water partition coefficient (Wildman–Crippen LogP) is 2.51. The highest BCUT2D eigenvalue weighted by Gasteiger charge is 2.03. The number of nitrogens with one attached hydrogen (secondary N) is 1. The molecular weight excluding hydrogens is 284 g/mol. The molecule has 0 spiro atoms. The summed E-state index contributed by atoms with van der Waals surface area (Å²) < 4.78 is 5.10. The van der Waals surface area contributed by atoms with E-state index in [1.54, 1.807) is 0 Å². The van der Waals surface area contributed by atoms with E-state index in [1.165, 1.54) is 0 Å². The maximum Gasteiger partial charge on any atom is 0.0698 e. The van der Waals surface area contributed by atoms with Gasteiger partial charge in [0.25, 0.3) is 0 Å². The van der Waals surface area contributed by atoms with Gasteiger partial charge in [0, 0.05) is 28.7 Å². The van der Waals surface area contributed by atoms with Crippen molar-refractivity contribution in [1.82, 2.24) is 5.32 Å². The normalized spacial score (nSPS) is 10.1. The zero-order valence-electron chi connectivity index (χ0n) is 9.29. The number of benzene rings is 1. The summed E-state index contributed by atoms with van der Waals surface area (Å²) in [6, 6.07) is 5.44. The van der Waals surface area contributed by atoms with E-state index in [1.807, 2.05) is 18.2 Å². The lowest BCUT2D eigenvalue weighted by Crippen LogP contribution is -2.20. The SMILES string of the molecule is Cl.OCCOCCNCc1c(Cl)cccc1Cl. The van der Waals surface area contributed by atoms with E-state index in [9.17, 15) is 0 Å². The Hall–Kier alpha value is -0.0300. The third-order valence-electron chi connectivity index (χ3n) is 2.02. The molecule has 17 heavy (non-hydrogen) atoms. The van der Waals surface area contributed by atoms with Gasteiger partial charge in [0.05, 0.1) is 19.8 Å². The lowest BCUT2D eigenvalue weighted by atomic mass is 10.2.